The summed E-state index contributed by atoms with van der Waals surface area (Å²) in [6.45, 7) is 0. The monoisotopic (exact) mass is 327 g/mol. The summed E-state index contributed by atoms with van der Waals surface area (Å²) in [5.74, 6) is 0.476. The van der Waals surface area contributed by atoms with Gasteiger partial charge in [-0.2, -0.15) is 0 Å². The molecule has 1 heterocycles. The second-order valence-corrected chi connectivity index (χ2v) is 4.27. The van der Waals surface area contributed by atoms with E-state index in [2.05, 4.69) is 15.3 Å². The van der Waals surface area contributed by atoms with Crippen molar-refractivity contribution >= 4 is 28.5 Å². The van der Waals surface area contributed by atoms with Gasteiger partial charge >= 0.3 is 0 Å². The summed E-state index contributed by atoms with van der Waals surface area (Å²) in [5, 5.41) is 2.84. The van der Waals surface area contributed by atoms with Crippen LogP contribution in [0.2, 0.25) is 0 Å². The molecule has 0 radical (unpaired) electrons. The Labute approximate surface area is 106 Å². The molecule has 0 aliphatic carbocycles. The molecule has 1 aromatic heterocycles. The van der Waals surface area contributed by atoms with Crippen LogP contribution < -0.4 is 10.9 Å². The summed E-state index contributed by atoms with van der Waals surface area (Å²) in [7, 11) is 1.72. The van der Waals surface area contributed by atoms with Crippen LogP contribution in [0.4, 0.5) is 5.95 Å². The van der Waals surface area contributed by atoms with Gasteiger partial charge in [0, 0.05) is 12.6 Å². The molecule has 0 spiro atoms. The second kappa shape index (κ2) is 4.65. The third-order valence-corrected chi connectivity index (χ3v) is 3.15. The predicted molar refractivity (Wildman–Crippen MR) is 72.6 cm³/mol. The van der Waals surface area contributed by atoms with E-state index in [1.54, 1.807) is 7.05 Å². The number of rotatable bonds is 2. The van der Waals surface area contributed by atoms with Gasteiger partial charge in [0.2, 0.25) is 5.95 Å². The molecule has 0 amide bonds. The van der Waals surface area contributed by atoms with Crippen LogP contribution in [0.5, 0.6) is 0 Å². The fraction of sp³-hybridized carbons (Fsp3) is 0.0909. The van der Waals surface area contributed by atoms with E-state index in [0.717, 1.165) is 5.56 Å². The standard InChI is InChI=1S/C11H10IN3O/c1-13-11-14-9(8(12)10(16)15-11)7-5-3-2-4-6-7/h2-6H,1H3,(H2,13,14,15,16). The summed E-state index contributed by atoms with van der Waals surface area (Å²) in [6, 6.07) is 9.65. The Hall–Kier alpha value is -1.37. The summed E-state index contributed by atoms with van der Waals surface area (Å²) < 4.78 is 0.600. The summed E-state index contributed by atoms with van der Waals surface area (Å²) in [6.07, 6.45) is 0. The van der Waals surface area contributed by atoms with Gasteiger partial charge in [0.15, 0.2) is 0 Å². The molecule has 0 unspecified atom stereocenters. The van der Waals surface area contributed by atoms with Crippen molar-refractivity contribution in [2.45, 2.75) is 0 Å². The minimum Gasteiger partial charge on any atom is -0.359 e. The number of nitrogens with one attached hydrogen (secondary N) is 2. The van der Waals surface area contributed by atoms with E-state index in [9.17, 15) is 4.79 Å². The molecule has 5 heteroatoms. The Morgan fingerprint density at radius 1 is 1.31 bits per heavy atom. The van der Waals surface area contributed by atoms with E-state index >= 15 is 0 Å². The normalized spacial score (nSPS) is 10.1. The Morgan fingerprint density at radius 3 is 2.62 bits per heavy atom. The van der Waals surface area contributed by atoms with Crippen molar-refractivity contribution in [3.8, 4) is 11.3 Å². The van der Waals surface area contributed by atoms with Crippen LogP contribution in [0.15, 0.2) is 35.1 Å². The number of anilines is 1. The van der Waals surface area contributed by atoms with Gasteiger partial charge in [-0.05, 0) is 22.6 Å². The van der Waals surface area contributed by atoms with Gasteiger partial charge in [0.05, 0.1) is 5.69 Å². The van der Waals surface area contributed by atoms with E-state index in [1.165, 1.54) is 0 Å². The van der Waals surface area contributed by atoms with Crippen molar-refractivity contribution in [1.29, 1.82) is 0 Å². The van der Waals surface area contributed by atoms with Gasteiger partial charge in [0.1, 0.15) is 3.57 Å². The number of H-pyrrole nitrogens is 1. The maximum absolute atomic E-state index is 11.6. The summed E-state index contributed by atoms with van der Waals surface area (Å²) in [5.41, 5.74) is 1.52. The van der Waals surface area contributed by atoms with Crippen LogP contribution in [0.1, 0.15) is 0 Å². The highest BCUT2D eigenvalue weighted by Crippen LogP contribution is 2.20. The number of hydrogen-bond acceptors (Lipinski definition) is 3. The first-order valence-corrected chi connectivity index (χ1v) is 5.83. The number of nitrogens with zero attached hydrogens (tertiary/aromatic N) is 1. The first-order chi connectivity index (χ1) is 7.72. The lowest BCUT2D eigenvalue weighted by molar-refractivity contribution is 1.10. The fourth-order valence-electron chi connectivity index (χ4n) is 1.36. The van der Waals surface area contributed by atoms with Crippen LogP contribution >= 0.6 is 22.6 Å². The lowest BCUT2D eigenvalue weighted by Crippen LogP contribution is -2.15. The van der Waals surface area contributed by atoms with Crippen LogP contribution in [0.3, 0.4) is 0 Å². The molecule has 0 aliphatic rings. The van der Waals surface area contributed by atoms with Crippen LogP contribution in [0, 0.1) is 3.57 Å². The molecule has 1 aromatic carbocycles. The average molecular weight is 327 g/mol. The van der Waals surface area contributed by atoms with E-state index in [-0.39, 0.29) is 5.56 Å². The molecule has 4 nitrogen and oxygen atoms in total. The molecule has 16 heavy (non-hydrogen) atoms. The lowest BCUT2D eigenvalue weighted by atomic mass is 10.1. The molecular formula is C11H10IN3O. The van der Waals surface area contributed by atoms with Gasteiger partial charge in [-0.1, -0.05) is 30.3 Å². The van der Waals surface area contributed by atoms with Crippen molar-refractivity contribution in [2.75, 3.05) is 12.4 Å². The molecule has 0 fully saturated rings. The quantitative estimate of drug-likeness (QED) is 0.831. The smallest absolute Gasteiger partial charge is 0.266 e. The molecule has 0 bridgehead atoms. The molecule has 2 rings (SSSR count). The second-order valence-electron chi connectivity index (χ2n) is 3.19. The van der Waals surface area contributed by atoms with Crippen molar-refractivity contribution in [3.05, 3.63) is 44.3 Å². The first-order valence-electron chi connectivity index (χ1n) is 4.75. The highest BCUT2D eigenvalue weighted by molar-refractivity contribution is 14.1. The van der Waals surface area contributed by atoms with E-state index in [4.69, 9.17) is 0 Å². The minimum absolute atomic E-state index is 0.126. The number of hydrogen-bond donors (Lipinski definition) is 2. The zero-order valence-electron chi connectivity index (χ0n) is 8.62. The molecule has 0 atom stereocenters. The molecule has 2 aromatic rings. The van der Waals surface area contributed by atoms with Crippen LogP contribution in [0.25, 0.3) is 11.3 Å². The van der Waals surface area contributed by atoms with Crippen molar-refractivity contribution in [3.63, 3.8) is 0 Å². The third-order valence-electron chi connectivity index (χ3n) is 2.15. The Kier molecular flexibility index (Phi) is 3.23. The first kappa shape index (κ1) is 11.1. The van der Waals surface area contributed by atoms with Gasteiger partial charge in [-0.3, -0.25) is 9.78 Å². The number of aromatic nitrogens is 2. The van der Waals surface area contributed by atoms with Crippen molar-refractivity contribution in [1.82, 2.24) is 9.97 Å². The topological polar surface area (TPSA) is 57.8 Å². The van der Waals surface area contributed by atoms with Crippen molar-refractivity contribution < 1.29 is 0 Å². The van der Waals surface area contributed by atoms with E-state index in [1.807, 2.05) is 52.9 Å². The zero-order chi connectivity index (χ0) is 11.5. The minimum atomic E-state index is -0.126. The molecule has 0 aliphatic heterocycles. The van der Waals surface area contributed by atoms with Gasteiger partial charge in [0.25, 0.3) is 5.56 Å². The summed E-state index contributed by atoms with van der Waals surface area (Å²) >= 11 is 2.01. The fourth-order valence-corrected chi connectivity index (χ4v) is 1.93. The van der Waals surface area contributed by atoms with Gasteiger partial charge < -0.3 is 5.32 Å². The maximum Gasteiger partial charge on any atom is 0.266 e. The maximum atomic E-state index is 11.6. The highest BCUT2D eigenvalue weighted by atomic mass is 127. The van der Waals surface area contributed by atoms with E-state index < -0.39 is 0 Å². The number of benzene rings is 1. The van der Waals surface area contributed by atoms with Gasteiger partial charge in [-0.15, -0.1) is 0 Å². The van der Waals surface area contributed by atoms with Crippen LogP contribution in [-0.4, -0.2) is 17.0 Å². The predicted octanol–water partition coefficient (Wildman–Crippen LogP) is 2.08. The van der Waals surface area contributed by atoms with Crippen LogP contribution in [-0.2, 0) is 0 Å². The largest absolute Gasteiger partial charge is 0.359 e. The Bertz CT molecular complexity index is 551. The number of halogens is 1. The summed E-state index contributed by atoms with van der Waals surface area (Å²) in [4.78, 5) is 18.6. The third kappa shape index (κ3) is 2.08. The van der Waals surface area contributed by atoms with E-state index in [0.29, 0.717) is 15.2 Å². The average Bonchev–Trinajstić information content (AvgIpc) is 2.33. The van der Waals surface area contributed by atoms with Gasteiger partial charge in [-0.25, -0.2) is 4.98 Å². The lowest BCUT2D eigenvalue weighted by Gasteiger charge is -2.05. The number of aromatic amines is 1. The molecule has 82 valence electrons. The van der Waals surface area contributed by atoms with Crippen molar-refractivity contribution in [2.24, 2.45) is 0 Å². The Balaban J connectivity index is 2.65. The zero-order valence-corrected chi connectivity index (χ0v) is 10.8. The molecule has 0 saturated carbocycles. The SMILES string of the molecule is CNc1nc(-c2ccccc2)c(I)c(=O)[nH]1. The molecular weight excluding hydrogens is 317 g/mol. The molecule has 0 saturated heterocycles. The highest BCUT2D eigenvalue weighted by Gasteiger charge is 2.09. The molecule has 2 N–H and O–H groups in total. The Morgan fingerprint density at radius 2 is 2.00 bits per heavy atom.